The summed E-state index contributed by atoms with van der Waals surface area (Å²) in [5.74, 6) is -1.72. The van der Waals surface area contributed by atoms with Crippen LogP contribution >= 0.6 is 0 Å². The predicted molar refractivity (Wildman–Crippen MR) is 79.2 cm³/mol. The molecule has 23 heavy (non-hydrogen) atoms. The maximum absolute atomic E-state index is 13.4. The highest BCUT2D eigenvalue weighted by Gasteiger charge is 2.09. The zero-order valence-electron chi connectivity index (χ0n) is 12.1. The van der Waals surface area contributed by atoms with Gasteiger partial charge in [-0.05, 0) is 30.3 Å². The van der Waals surface area contributed by atoms with Crippen molar-refractivity contribution in [1.82, 2.24) is 4.98 Å². The molecule has 1 N–H and O–H groups in total. The van der Waals surface area contributed by atoms with Crippen LogP contribution in [0, 0.1) is 18.6 Å². The zero-order valence-corrected chi connectivity index (χ0v) is 12.1. The zero-order chi connectivity index (χ0) is 16.4. The van der Waals surface area contributed by atoms with Crippen LogP contribution in [0.3, 0.4) is 0 Å². The molecule has 5 nitrogen and oxygen atoms in total. The van der Waals surface area contributed by atoms with E-state index in [-0.39, 0.29) is 5.75 Å². The van der Waals surface area contributed by atoms with Gasteiger partial charge in [-0.3, -0.25) is 4.79 Å². The minimum absolute atomic E-state index is 0.191. The molecule has 0 bridgehead atoms. The SMILES string of the molecule is Cc1nc2cc(NC(=O)COc3ccc(F)cc3F)ccc2o1. The molecule has 2 aromatic carbocycles. The Kier molecular flexibility index (Phi) is 3.92. The Labute approximate surface area is 129 Å². The molecule has 0 saturated heterocycles. The van der Waals surface area contributed by atoms with Gasteiger partial charge in [-0.25, -0.2) is 13.8 Å². The molecule has 0 aliphatic heterocycles. The van der Waals surface area contributed by atoms with E-state index >= 15 is 0 Å². The lowest BCUT2D eigenvalue weighted by Gasteiger charge is -2.08. The van der Waals surface area contributed by atoms with Gasteiger partial charge in [-0.1, -0.05) is 0 Å². The number of aromatic nitrogens is 1. The number of nitrogens with one attached hydrogen (secondary N) is 1. The van der Waals surface area contributed by atoms with Gasteiger partial charge in [-0.15, -0.1) is 0 Å². The number of rotatable bonds is 4. The summed E-state index contributed by atoms with van der Waals surface area (Å²) in [5, 5.41) is 2.60. The fourth-order valence-corrected chi connectivity index (χ4v) is 2.05. The number of fused-ring (bicyclic) bond motifs is 1. The summed E-state index contributed by atoms with van der Waals surface area (Å²) in [5.41, 5.74) is 1.75. The largest absolute Gasteiger partial charge is 0.481 e. The number of hydrogen-bond donors (Lipinski definition) is 1. The Bertz CT molecular complexity index is 877. The van der Waals surface area contributed by atoms with Crippen molar-refractivity contribution >= 4 is 22.7 Å². The van der Waals surface area contributed by atoms with Gasteiger partial charge in [0.05, 0.1) is 0 Å². The summed E-state index contributed by atoms with van der Waals surface area (Å²) in [4.78, 5) is 16.0. The van der Waals surface area contributed by atoms with Crippen molar-refractivity contribution in [2.75, 3.05) is 11.9 Å². The first-order valence-corrected chi connectivity index (χ1v) is 6.76. The lowest BCUT2D eigenvalue weighted by Crippen LogP contribution is -2.20. The average molecular weight is 318 g/mol. The van der Waals surface area contributed by atoms with Gasteiger partial charge < -0.3 is 14.5 Å². The van der Waals surface area contributed by atoms with Crippen LogP contribution in [0.4, 0.5) is 14.5 Å². The van der Waals surface area contributed by atoms with Gasteiger partial charge in [0.2, 0.25) is 0 Å². The van der Waals surface area contributed by atoms with Gasteiger partial charge >= 0.3 is 0 Å². The van der Waals surface area contributed by atoms with Crippen LogP contribution < -0.4 is 10.1 Å². The summed E-state index contributed by atoms with van der Waals surface area (Å²) in [6, 6.07) is 7.87. The molecule has 0 fully saturated rings. The first-order valence-electron chi connectivity index (χ1n) is 6.76. The Morgan fingerprint density at radius 1 is 1.26 bits per heavy atom. The normalized spacial score (nSPS) is 10.7. The third-order valence-corrected chi connectivity index (χ3v) is 3.03. The molecular weight excluding hydrogens is 306 g/mol. The predicted octanol–water partition coefficient (Wildman–Crippen LogP) is 3.43. The minimum atomic E-state index is -0.864. The first-order chi connectivity index (χ1) is 11.0. The van der Waals surface area contributed by atoms with Gasteiger partial charge in [0, 0.05) is 18.7 Å². The van der Waals surface area contributed by atoms with Gasteiger partial charge in [-0.2, -0.15) is 0 Å². The number of aryl methyl sites for hydroxylation is 1. The summed E-state index contributed by atoms with van der Waals surface area (Å²) in [7, 11) is 0. The third kappa shape index (κ3) is 3.45. The lowest BCUT2D eigenvalue weighted by atomic mass is 10.3. The first kappa shape index (κ1) is 15.0. The van der Waals surface area contributed by atoms with Crippen LogP contribution in [0.15, 0.2) is 40.8 Å². The Morgan fingerprint density at radius 3 is 2.87 bits per heavy atom. The number of amides is 1. The highest BCUT2D eigenvalue weighted by Crippen LogP contribution is 2.20. The summed E-state index contributed by atoms with van der Waals surface area (Å²) < 4.78 is 36.5. The lowest BCUT2D eigenvalue weighted by molar-refractivity contribution is -0.118. The number of carbonyl (C=O) groups excluding carboxylic acids is 1. The van der Waals surface area contributed by atoms with E-state index in [1.165, 1.54) is 0 Å². The van der Waals surface area contributed by atoms with Crippen LogP contribution in [0.25, 0.3) is 11.1 Å². The molecule has 118 valence electrons. The number of nitrogens with zero attached hydrogens (tertiary/aromatic N) is 1. The monoisotopic (exact) mass is 318 g/mol. The van der Waals surface area contributed by atoms with Crippen LogP contribution in [0.5, 0.6) is 5.75 Å². The van der Waals surface area contributed by atoms with Gasteiger partial charge in [0.1, 0.15) is 11.3 Å². The van der Waals surface area contributed by atoms with E-state index < -0.39 is 24.1 Å². The molecule has 0 saturated carbocycles. The maximum atomic E-state index is 13.4. The van der Waals surface area contributed by atoms with Crippen molar-refractivity contribution < 1.29 is 22.7 Å². The van der Waals surface area contributed by atoms with Crippen LogP contribution in [-0.4, -0.2) is 17.5 Å². The van der Waals surface area contributed by atoms with Crippen molar-refractivity contribution in [3.63, 3.8) is 0 Å². The fourth-order valence-electron chi connectivity index (χ4n) is 2.05. The topological polar surface area (TPSA) is 64.4 Å². The number of benzene rings is 2. The number of ether oxygens (including phenoxy) is 1. The highest BCUT2D eigenvalue weighted by atomic mass is 19.1. The highest BCUT2D eigenvalue weighted by molar-refractivity contribution is 5.93. The fraction of sp³-hybridized carbons (Fsp3) is 0.125. The second kappa shape index (κ2) is 6.04. The molecule has 7 heteroatoms. The Morgan fingerprint density at radius 2 is 2.09 bits per heavy atom. The molecule has 3 rings (SSSR count). The van der Waals surface area contributed by atoms with E-state index in [9.17, 15) is 13.6 Å². The number of oxazole rings is 1. The second-order valence-electron chi connectivity index (χ2n) is 4.83. The van der Waals surface area contributed by atoms with Crippen LogP contribution in [0.2, 0.25) is 0 Å². The molecule has 0 spiro atoms. The van der Waals surface area contributed by atoms with Crippen LogP contribution in [-0.2, 0) is 4.79 Å². The quantitative estimate of drug-likeness (QED) is 0.800. The summed E-state index contributed by atoms with van der Waals surface area (Å²) in [6.45, 7) is 1.32. The molecular formula is C16H12F2N2O3. The van der Waals surface area contributed by atoms with Crippen LogP contribution in [0.1, 0.15) is 5.89 Å². The molecule has 0 radical (unpaired) electrons. The molecule has 0 aliphatic carbocycles. The van der Waals surface area contributed by atoms with E-state index in [2.05, 4.69) is 10.3 Å². The standard InChI is InChI=1S/C16H12F2N2O3/c1-9-19-13-7-11(3-5-15(13)23-9)20-16(21)8-22-14-4-2-10(17)6-12(14)18/h2-7H,8H2,1H3,(H,20,21). The number of hydrogen-bond acceptors (Lipinski definition) is 4. The molecule has 1 aromatic heterocycles. The summed E-state index contributed by atoms with van der Waals surface area (Å²) >= 11 is 0. The van der Waals surface area contributed by atoms with E-state index in [1.54, 1.807) is 25.1 Å². The van der Waals surface area contributed by atoms with Gasteiger partial charge in [0.25, 0.3) is 5.91 Å². The van der Waals surface area contributed by atoms with E-state index in [1.807, 2.05) is 0 Å². The van der Waals surface area contributed by atoms with Gasteiger partial charge in [0.15, 0.2) is 29.6 Å². The third-order valence-electron chi connectivity index (χ3n) is 3.03. The number of halogens is 2. The summed E-state index contributed by atoms with van der Waals surface area (Å²) in [6.07, 6.45) is 0. The van der Waals surface area contributed by atoms with Crippen molar-refractivity contribution in [3.05, 3.63) is 53.9 Å². The number of anilines is 1. The van der Waals surface area contributed by atoms with Crippen molar-refractivity contribution in [3.8, 4) is 5.75 Å². The van der Waals surface area contributed by atoms with E-state index in [0.29, 0.717) is 28.7 Å². The minimum Gasteiger partial charge on any atom is -0.481 e. The molecule has 0 aliphatic rings. The van der Waals surface area contributed by atoms with Crippen molar-refractivity contribution in [2.24, 2.45) is 0 Å². The maximum Gasteiger partial charge on any atom is 0.262 e. The molecule has 0 atom stereocenters. The molecule has 0 unspecified atom stereocenters. The smallest absolute Gasteiger partial charge is 0.262 e. The Balaban J connectivity index is 1.63. The average Bonchev–Trinajstić information content (AvgIpc) is 2.85. The van der Waals surface area contributed by atoms with E-state index in [4.69, 9.17) is 9.15 Å². The second-order valence-corrected chi connectivity index (χ2v) is 4.83. The number of carbonyl (C=O) groups is 1. The molecule has 3 aromatic rings. The van der Waals surface area contributed by atoms with Crippen molar-refractivity contribution in [1.29, 1.82) is 0 Å². The Hall–Kier alpha value is -2.96. The van der Waals surface area contributed by atoms with E-state index in [0.717, 1.165) is 12.1 Å². The molecule has 1 amide bonds. The molecule has 1 heterocycles. The van der Waals surface area contributed by atoms with Crippen molar-refractivity contribution in [2.45, 2.75) is 6.92 Å².